The Bertz CT molecular complexity index is 3280. The molecule has 0 radical (unpaired) electrons. The molecule has 4 aromatic rings. The first-order valence-corrected chi connectivity index (χ1v) is 31.1. The van der Waals surface area contributed by atoms with Crippen LogP contribution in [0.25, 0.3) is 0 Å². The predicted octanol–water partition coefficient (Wildman–Crippen LogP) is 11.7. The van der Waals surface area contributed by atoms with Crippen LogP contribution in [-0.2, 0) is 39.7 Å². The number of aliphatic imine (C=N–C) groups is 2. The van der Waals surface area contributed by atoms with E-state index >= 15 is 0 Å². The van der Waals surface area contributed by atoms with Gasteiger partial charge in [-0.15, -0.1) is 0 Å². The van der Waals surface area contributed by atoms with Crippen molar-refractivity contribution in [2.24, 2.45) is 33.7 Å². The van der Waals surface area contributed by atoms with Gasteiger partial charge in [0.2, 0.25) is 11.8 Å². The number of hydrogen-bond acceptors (Lipinski definition) is 13. The van der Waals surface area contributed by atoms with Crippen molar-refractivity contribution < 1.29 is 33.8 Å². The van der Waals surface area contributed by atoms with Crippen LogP contribution >= 0.6 is 69.9 Å². The van der Waals surface area contributed by atoms with Crippen molar-refractivity contribution in [2.45, 2.75) is 102 Å². The Morgan fingerprint density at radius 2 is 1.02 bits per heavy atom. The summed E-state index contributed by atoms with van der Waals surface area (Å²) in [6, 6.07) is 30.5. The third kappa shape index (κ3) is 11.6. The number of carboxylic acid groups (broad SMARTS) is 1. The first-order valence-electron chi connectivity index (χ1n) is 28.0. The Morgan fingerprint density at radius 3 is 1.46 bits per heavy atom. The number of likely N-dealkylation sites (N-methyl/N-ethyl adjacent to an activating group) is 2. The number of benzene rings is 4. The number of aliphatic carboxylic acids is 1. The van der Waals surface area contributed by atoms with Gasteiger partial charge in [0.05, 0.1) is 50.6 Å². The first kappa shape index (κ1) is 61.0. The number of rotatable bonds is 10. The Kier molecular flexibility index (Phi) is 17.9. The van der Waals surface area contributed by atoms with E-state index in [2.05, 4.69) is 42.8 Å². The molecule has 0 saturated carbocycles. The standard InChI is InChI=1S/C31H34Cl2N4O3S.C22H20Cl2N2O2S.C9H16N2O2/c1-17(2)25-26(29(39)36-23(28(38)35(4)5)14-19-15-40-16-24(19)36)41-30-34-31(3,20-8-12-22(33)13-9-20)27(37(25)30)18-6-10-21(32)11-7-18;1-12(2)17-18(20(27)28)29-21-25-22(3,14-6-10-16(24)11-7-14)19(26(17)21)13-4-8-15(23)9-5-13;1-11(2)9(12)7-3-6-4-13-5-8(6)10-7/h6-13,17,19,23-24,27H,14-16H2,1-5H3;4-12,19H,1-3H3,(H,27,28);6-8,10H,3-5H2,1-2H3/t19-,23-,24+,27+,31-;19-,22+;6-,7-,8+/m010/s1. The van der Waals surface area contributed by atoms with E-state index in [0.29, 0.717) is 66.7 Å². The van der Waals surface area contributed by atoms with Crippen molar-refractivity contribution in [3.8, 4) is 0 Å². The van der Waals surface area contributed by atoms with E-state index in [-0.39, 0.29) is 59.6 Å². The highest BCUT2D eigenvalue weighted by atomic mass is 35.5. The van der Waals surface area contributed by atoms with Crippen LogP contribution in [-0.4, -0.2) is 142 Å². The van der Waals surface area contributed by atoms with Crippen molar-refractivity contribution >= 4 is 104 Å². The van der Waals surface area contributed by atoms with E-state index in [1.807, 2.05) is 116 Å². The SMILES string of the molecule is CC(C)C1=C(C(=O)N2[C@@H]3COC[C@@H]3C[C@H]2C(=O)N(C)C)SC2=N[C@@](C)(c3ccc(Cl)cc3)[C@@H](c3ccc(Cl)cc3)N21.CC(C)C1=C(C(=O)O)SC2=N[C@@](C)(c3ccc(Cl)cc3)[C@@H](c3ccc(Cl)cc3)N21.CN(C)C(=O)[C@@H]1C[C@H]2COC[C@H]2N1. The van der Waals surface area contributed by atoms with Gasteiger partial charge >= 0.3 is 5.97 Å². The zero-order valence-corrected chi connectivity index (χ0v) is 52.8. The molecule has 2 N–H and O–H groups in total. The molecule has 0 bridgehead atoms. The molecule has 4 saturated heterocycles. The molecule has 0 unspecified atom stereocenters. The van der Waals surface area contributed by atoms with Crippen molar-refractivity contribution in [1.82, 2.24) is 29.8 Å². The van der Waals surface area contributed by atoms with Crippen molar-refractivity contribution in [1.29, 1.82) is 0 Å². The number of likely N-dealkylation sites (tertiary alicyclic amines) is 1. The minimum atomic E-state index is -0.918. The molecule has 21 heteroatoms. The second-order valence-electron chi connectivity index (χ2n) is 23.6. The Morgan fingerprint density at radius 1 is 0.602 bits per heavy atom. The normalized spacial score (nSPS) is 28.4. The molecule has 83 heavy (non-hydrogen) atoms. The number of carboxylic acids is 1. The lowest BCUT2D eigenvalue weighted by Gasteiger charge is -2.37. The molecule has 0 aliphatic carbocycles. The second-order valence-corrected chi connectivity index (χ2v) is 27.3. The number of thioether (sulfide) groups is 2. The second kappa shape index (κ2) is 24.4. The van der Waals surface area contributed by atoms with Gasteiger partial charge in [0.1, 0.15) is 26.9 Å². The van der Waals surface area contributed by atoms with Crippen LogP contribution in [0.3, 0.4) is 0 Å². The minimum Gasteiger partial charge on any atom is -0.477 e. The van der Waals surface area contributed by atoms with E-state index < -0.39 is 23.1 Å². The molecule has 8 aliphatic rings. The van der Waals surface area contributed by atoms with E-state index in [1.165, 1.54) is 23.5 Å². The number of hydrogen-bond donors (Lipinski definition) is 2. The quantitative estimate of drug-likeness (QED) is 0.155. The molecule has 10 atom stereocenters. The fraction of sp³-hybridized carbons (Fsp3) is 0.452. The molecule has 8 aliphatic heterocycles. The molecule has 4 aromatic carbocycles. The highest BCUT2D eigenvalue weighted by Crippen LogP contribution is 2.58. The van der Waals surface area contributed by atoms with E-state index in [1.54, 1.807) is 38.0 Å². The van der Waals surface area contributed by atoms with Crippen LogP contribution in [0.15, 0.2) is 128 Å². The molecule has 0 aromatic heterocycles. The van der Waals surface area contributed by atoms with Gasteiger partial charge < -0.3 is 44.4 Å². The Hall–Kier alpha value is -5.08. The molecule has 8 heterocycles. The number of carbonyl (C=O) groups is 4. The number of amidine groups is 2. The summed E-state index contributed by atoms with van der Waals surface area (Å²) < 4.78 is 11.1. The van der Waals surface area contributed by atoms with Gasteiger partial charge in [-0.2, -0.15) is 0 Å². The number of nitrogens with one attached hydrogen (secondary N) is 1. The number of carbonyl (C=O) groups excluding carboxylic acids is 3. The summed E-state index contributed by atoms with van der Waals surface area (Å²) >= 11 is 27.4. The number of allylic oxidation sites excluding steroid dienone is 2. The third-order valence-electron chi connectivity index (χ3n) is 17.0. The number of fused-ring (bicyclic) bond motifs is 4. The highest BCUT2D eigenvalue weighted by Gasteiger charge is 2.57. The number of amides is 3. The maximum Gasteiger partial charge on any atom is 0.344 e. The van der Waals surface area contributed by atoms with Gasteiger partial charge in [-0.05, 0) is 133 Å². The molecule has 12 rings (SSSR count). The molecular weight excluding hydrogens is 1170 g/mol. The van der Waals surface area contributed by atoms with E-state index in [0.717, 1.165) is 58.5 Å². The molecule has 15 nitrogen and oxygen atoms in total. The monoisotopic (exact) mass is 1240 g/mol. The minimum absolute atomic E-state index is 0.0221. The van der Waals surface area contributed by atoms with Gasteiger partial charge in [-0.25, -0.2) is 14.8 Å². The van der Waals surface area contributed by atoms with Crippen LogP contribution in [0.1, 0.15) is 88.7 Å². The van der Waals surface area contributed by atoms with Crippen molar-refractivity contribution in [2.75, 3.05) is 54.6 Å². The molecule has 3 amide bonds. The zero-order chi connectivity index (χ0) is 59.6. The maximum atomic E-state index is 14.5. The van der Waals surface area contributed by atoms with Crippen LogP contribution in [0.5, 0.6) is 0 Å². The van der Waals surface area contributed by atoms with Crippen molar-refractivity contribution in [3.05, 3.63) is 161 Å². The highest BCUT2D eigenvalue weighted by molar-refractivity contribution is 8.18. The van der Waals surface area contributed by atoms with Crippen LogP contribution in [0.2, 0.25) is 20.1 Å². The summed E-state index contributed by atoms with van der Waals surface area (Å²) in [5.41, 5.74) is 4.59. The molecule has 0 spiro atoms. The zero-order valence-electron chi connectivity index (χ0n) is 48.1. The Balaban J connectivity index is 0.000000158. The molecular formula is C62H70Cl4N8O7S2. The number of halogens is 4. The lowest BCUT2D eigenvalue weighted by Crippen LogP contribution is -2.50. The van der Waals surface area contributed by atoms with Gasteiger partial charge in [0, 0.05) is 77.6 Å². The first-order chi connectivity index (χ1) is 39.4. The molecule has 4 fully saturated rings. The maximum absolute atomic E-state index is 14.5. The van der Waals surface area contributed by atoms with Gasteiger partial charge in [-0.1, -0.05) is 123 Å². The third-order valence-corrected chi connectivity index (χ3v) is 20.1. The predicted molar refractivity (Wildman–Crippen MR) is 331 cm³/mol. The lowest BCUT2D eigenvalue weighted by molar-refractivity contribution is -0.142. The average molecular weight is 1250 g/mol. The molecule has 440 valence electrons. The summed E-state index contributed by atoms with van der Waals surface area (Å²) in [6.07, 6.45) is 1.55. The summed E-state index contributed by atoms with van der Waals surface area (Å²) in [5.74, 6) is -0.121. The lowest BCUT2D eigenvalue weighted by atomic mass is 9.81. The fourth-order valence-electron chi connectivity index (χ4n) is 12.9. The van der Waals surface area contributed by atoms with E-state index in [4.69, 9.17) is 65.9 Å². The van der Waals surface area contributed by atoms with Gasteiger partial charge in [-0.3, -0.25) is 14.4 Å². The van der Waals surface area contributed by atoms with Gasteiger partial charge in [0.25, 0.3) is 5.91 Å². The summed E-state index contributed by atoms with van der Waals surface area (Å²) in [7, 11) is 7.10. The fourth-order valence-corrected chi connectivity index (χ4v) is 16.0. The topological polar surface area (TPSA) is 160 Å². The summed E-state index contributed by atoms with van der Waals surface area (Å²) in [4.78, 5) is 72.0. The van der Waals surface area contributed by atoms with Crippen LogP contribution < -0.4 is 5.32 Å². The van der Waals surface area contributed by atoms with Crippen molar-refractivity contribution in [3.63, 3.8) is 0 Å². The number of nitrogens with zero attached hydrogens (tertiary/aromatic N) is 7. The Labute approximate surface area is 514 Å². The summed E-state index contributed by atoms with van der Waals surface area (Å²) in [6.45, 7) is 15.1. The largest absolute Gasteiger partial charge is 0.477 e. The van der Waals surface area contributed by atoms with Crippen LogP contribution in [0.4, 0.5) is 0 Å². The van der Waals surface area contributed by atoms with Gasteiger partial charge in [0.15, 0.2) is 10.3 Å². The smallest absolute Gasteiger partial charge is 0.344 e. The average Bonchev–Trinajstić information content (AvgIpc) is 2.95. The summed E-state index contributed by atoms with van der Waals surface area (Å²) in [5, 5.41) is 17.2. The van der Waals surface area contributed by atoms with E-state index in [9.17, 15) is 24.3 Å². The van der Waals surface area contributed by atoms with Crippen LogP contribution in [0, 0.1) is 23.7 Å². The number of ether oxygens (including phenoxy) is 2.